The molecule has 0 saturated heterocycles. The maximum atomic E-state index is 5.56. The number of ether oxygens (including phenoxy) is 2. The van der Waals surface area contributed by atoms with Gasteiger partial charge in [0.05, 0.1) is 0 Å². The molecular formula is C26H30O2. The molecular weight excluding hydrogens is 344 g/mol. The SMILES string of the molecule is CCCCCC#CC#CCOc1ccc(OCC#CC#CCCCCC)cc1. The number of rotatable bonds is 10. The van der Waals surface area contributed by atoms with Crippen molar-refractivity contribution in [3.63, 3.8) is 0 Å². The molecule has 0 aliphatic heterocycles. The van der Waals surface area contributed by atoms with Crippen molar-refractivity contribution in [3.8, 4) is 58.9 Å². The molecule has 146 valence electrons. The molecule has 0 aliphatic carbocycles. The summed E-state index contributed by atoms with van der Waals surface area (Å²) in [6.45, 7) is 5.02. The lowest BCUT2D eigenvalue weighted by atomic mass is 10.2. The van der Waals surface area contributed by atoms with Crippen LogP contribution in [0, 0.1) is 47.4 Å². The molecule has 0 aliphatic rings. The van der Waals surface area contributed by atoms with Gasteiger partial charge in [0.25, 0.3) is 0 Å². The first-order valence-electron chi connectivity index (χ1n) is 10.1. The fourth-order valence-corrected chi connectivity index (χ4v) is 2.17. The Morgan fingerprint density at radius 2 is 0.964 bits per heavy atom. The Morgan fingerprint density at radius 1 is 0.571 bits per heavy atom. The summed E-state index contributed by atoms with van der Waals surface area (Å²) in [7, 11) is 0. The average molecular weight is 375 g/mol. The van der Waals surface area contributed by atoms with Crippen LogP contribution in [0.25, 0.3) is 0 Å². The summed E-state index contributed by atoms with van der Waals surface area (Å²) in [5.74, 6) is 24.8. The van der Waals surface area contributed by atoms with E-state index >= 15 is 0 Å². The molecule has 28 heavy (non-hydrogen) atoms. The Morgan fingerprint density at radius 3 is 1.36 bits per heavy atom. The van der Waals surface area contributed by atoms with E-state index in [1.807, 2.05) is 24.3 Å². The number of unbranched alkanes of at least 4 members (excludes halogenated alkanes) is 6. The summed E-state index contributed by atoms with van der Waals surface area (Å²) in [5.41, 5.74) is 0. The monoisotopic (exact) mass is 374 g/mol. The summed E-state index contributed by atoms with van der Waals surface area (Å²) < 4.78 is 11.1. The van der Waals surface area contributed by atoms with Gasteiger partial charge in [-0.2, -0.15) is 0 Å². The first-order valence-corrected chi connectivity index (χ1v) is 10.1. The highest BCUT2D eigenvalue weighted by atomic mass is 16.5. The lowest BCUT2D eigenvalue weighted by Gasteiger charge is -2.04. The van der Waals surface area contributed by atoms with Crippen LogP contribution in [0.3, 0.4) is 0 Å². The molecule has 0 fully saturated rings. The largest absolute Gasteiger partial charge is 0.481 e. The topological polar surface area (TPSA) is 18.5 Å². The predicted molar refractivity (Wildman–Crippen MR) is 117 cm³/mol. The molecule has 0 saturated carbocycles. The standard InChI is InChI=1S/C26H30O2/c1-3-5-7-9-11-13-15-17-23-27-25-19-21-26(22-20-25)28-24-18-16-14-12-10-8-6-4-2/h19-22H,3-10,23-24H2,1-2H3. The van der Waals surface area contributed by atoms with Gasteiger partial charge in [-0.1, -0.05) is 51.4 Å². The third-order valence-electron chi connectivity index (χ3n) is 3.73. The van der Waals surface area contributed by atoms with Gasteiger partial charge in [0.15, 0.2) is 0 Å². The van der Waals surface area contributed by atoms with Crippen molar-refractivity contribution in [2.75, 3.05) is 13.2 Å². The lowest BCUT2D eigenvalue weighted by molar-refractivity contribution is 0.360. The second-order valence-corrected chi connectivity index (χ2v) is 6.17. The fourth-order valence-electron chi connectivity index (χ4n) is 2.17. The fraction of sp³-hybridized carbons (Fsp3) is 0.462. The molecule has 2 nitrogen and oxygen atoms in total. The maximum Gasteiger partial charge on any atom is 0.150 e. The second-order valence-electron chi connectivity index (χ2n) is 6.17. The minimum Gasteiger partial charge on any atom is -0.481 e. The number of benzene rings is 1. The summed E-state index contributed by atoms with van der Waals surface area (Å²) in [6.07, 6.45) is 9.01. The first-order chi connectivity index (χ1) is 13.9. The van der Waals surface area contributed by atoms with Gasteiger partial charge in [0.1, 0.15) is 24.7 Å². The predicted octanol–water partition coefficient (Wildman–Crippen LogP) is 5.62. The molecule has 0 radical (unpaired) electrons. The zero-order valence-corrected chi connectivity index (χ0v) is 17.2. The van der Waals surface area contributed by atoms with E-state index in [-0.39, 0.29) is 0 Å². The van der Waals surface area contributed by atoms with Crippen molar-refractivity contribution in [3.05, 3.63) is 24.3 Å². The van der Waals surface area contributed by atoms with E-state index < -0.39 is 0 Å². The van der Waals surface area contributed by atoms with Gasteiger partial charge in [0, 0.05) is 12.8 Å². The second kappa shape index (κ2) is 17.5. The van der Waals surface area contributed by atoms with Crippen LogP contribution in [0.2, 0.25) is 0 Å². The third kappa shape index (κ3) is 13.3. The molecule has 0 atom stereocenters. The average Bonchev–Trinajstić information content (AvgIpc) is 2.72. The Labute approximate surface area is 171 Å². The lowest BCUT2D eigenvalue weighted by Crippen LogP contribution is -1.95. The van der Waals surface area contributed by atoms with Gasteiger partial charge in [-0.25, -0.2) is 0 Å². The van der Waals surface area contributed by atoms with E-state index in [9.17, 15) is 0 Å². The molecule has 2 heteroatoms. The normalized spacial score (nSPS) is 8.64. The van der Waals surface area contributed by atoms with Crippen LogP contribution >= 0.6 is 0 Å². The van der Waals surface area contributed by atoms with E-state index in [1.165, 1.54) is 25.7 Å². The van der Waals surface area contributed by atoms with E-state index in [4.69, 9.17) is 9.47 Å². The quantitative estimate of drug-likeness (QED) is 0.391. The minimum atomic E-state index is 0.326. The number of hydrogen-bond donors (Lipinski definition) is 0. The molecule has 0 unspecified atom stereocenters. The van der Waals surface area contributed by atoms with Gasteiger partial charge in [-0.15, -0.1) is 0 Å². The zero-order valence-electron chi connectivity index (χ0n) is 17.2. The summed E-state index contributed by atoms with van der Waals surface area (Å²) in [5, 5.41) is 0. The summed E-state index contributed by atoms with van der Waals surface area (Å²) in [4.78, 5) is 0. The number of hydrogen-bond acceptors (Lipinski definition) is 2. The summed E-state index contributed by atoms with van der Waals surface area (Å²) >= 11 is 0. The van der Waals surface area contributed by atoms with Gasteiger partial charge >= 0.3 is 0 Å². The van der Waals surface area contributed by atoms with Crippen molar-refractivity contribution >= 4 is 0 Å². The van der Waals surface area contributed by atoms with Crippen molar-refractivity contribution in [2.45, 2.75) is 65.2 Å². The first kappa shape index (κ1) is 23.1. The molecule has 1 aromatic rings. The van der Waals surface area contributed by atoms with Gasteiger partial charge < -0.3 is 9.47 Å². The molecule has 0 aromatic heterocycles. The van der Waals surface area contributed by atoms with Crippen LogP contribution in [-0.4, -0.2) is 13.2 Å². The molecule has 0 spiro atoms. The third-order valence-corrected chi connectivity index (χ3v) is 3.73. The van der Waals surface area contributed by atoms with Crippen molar-refractivity contribution < 1.29 is 9.47 Å². The highest BCUT2D eigenvalue weighted by Gasteiger charge is 1.94. The zero-order chi connectivity index (χ0) is 20.1. The van der Waals surface area contributed by atoms with Crippen molar-refractivity contribution in [1.82, 2.24) is 0 Å². The Hall–Kier alpha value is -2.94. The Kier molecular flexibility index (Phi) is 14.4. The van der Waals surface area contributed by atoms with E-state index in [1.54, 1.807) is 0 Å². The van der Waals surface area contributed by atoms with Crippen molar-refractivity contribution in [2.24, 2.45) is 0 Å². The molecule has 0 amide bonds. The Bertz CT molecular complexity index is 705. The molecule has 0 bridgehead atoms. The van der Waals surface area contributed by atoms with Crippen molar-refractivity contribution in [1.29, 1.82) is 0 Å². The molecule has 1 aromatic carbocycles. The molecule has 0 heterocycles. The maximum absolute atomic E-state index is 5.56. The van der Waals surface area contributed by atoms with Gasteiger partial charge in [-0.3, -0.25) is 0 Å². The summed E-state index contributed by atoms with van der Waals surface area (Å²) in [6, 6.07) is 7.42. The van der Waals surface area contributed by atoms with Crippen LogP contribution in [0.15, 0.2) is 24.3 Å². The smallest absolute Gasteiger partial charge is 0.150 e. The van der Waals surface area contributed by atoms with E-state index in [0.717, 1.165) is 37.2 Å². The van der Waals surface area contributed by atoms with E-state index in [0.29, 0.717) is 13.2 Å². The van der Waals surface area contributed by atoms with Crippen LogP contribution in [0.1, 0.15) is 65.2 Å². The molecule has 0 N–H and O–H groups in total. The van der Waals surface area contributed by atoms with Crippen LogP contribution in [0.4, 0.5) is 0 Å². The van der Waals surface area contributed by atoms with Gasteiger partial charge in [-0.05, 0) is 72.6 Å². The van der Waals surface area contributed by atoms with E-state index in [2.05, 4.69) is 61.2 Å². The molecule has 1 rings (SSSR count). The van der Waals surface area contributed by atoms with Crippen LogP contribution in [-0.2, 0) is 0 Å². The Balaban J connectivity index is 2.22. The van der Waals surface area contributed by atoms with Crippen LogP contribution in [0.5, 0.6) is 11.5 Å². The highest BCUT2D eigenvalue weighted by Crippen LogP contribution is 2.17. The minimum absolute atomic E-state index is 0.326. The van der Waals surface area contributed by atoms with Gasteiger partial charge in [0.2, 0.25) is 0 Å². The van der Waals surface area contributed by atoms with Crippen LogP contribution < -0.4 is 9.47 Å². The highest BCUT2D eigenvalue weighted by molar-refractivity contribution is 5.33.